The number of hydrogen-bond donors (Lipinski definition) is 3. The molecular weight excluding hydrogens is 366 g/mol. The zero-order chi connectivity index (χ0) is 20.2. The van der Waals surface area contributed by atoms with Crippen molar-refractivity contribution in [3.8, 4) is 0 Å². The van der Waals surface area contributed by atoms with Gasteiger partial charge in [-0.25, -0.2) is 9.97 Å². The van der Waals surface area contributed by atoms with Gasteiger partial charge in [-0.3, -0.25) is 4.79 Å². The van der Waals surface area contributed by atoms with Crippen LogP contribution in [0, 0.1) is 23.2 Å². The minimum Gasteiger partial charge on any atom is -0.391 e. The first-order valence-corrected chi connectivity index (χ1v) is 11.2. The monoisotopic (exact) mass is 399 g/mol. The van der Waals surface area contributed by atoms with Crippen LogP contribution in [0.3, 0.4) is 0 Å². The number of nitrogens with one attached hydrogen (secondary N) is 1. The van der Waals surface area contributed by atoms with E-state index in [4.69, 9.17) is 5.73 Å². The Hall–Kier alpha value is -1.73. The Morgan fingerprint density at radius 3 is 2.55 bits per heavy atom. The number of fused-ring (bicyclic) bond motifs is 1. The molecule has 1 unspecified atom stereocenters. The fraction of sp³-hybridized carbons (Fsp3) is 0.773. The molecule has 2 atom stereocenters. The Kier molecular flexibility index (Phi) is 4.78. The van der Waals surface area contributed by atoms with Gasteiger partial charge in [-0.15, -0.1) is 0 Å². The summed E-state index contributed by atoms with van der Waals surface area (Å²) in [7, 11) is 0. The fourth-order valence-electron chi connectivity index (χ4n) is 6.98. The lowest BCUT2D eigenvalue weighted by molar-refractivity contribution is -0.133. The van der Waals surface area contributed by atoms with E-state index in [1.165, 1.54) is 38.5 Å². The van der Waals surface area contributed by atoms with Gasteiger partial charge in [0.15, 0.2) is 0 Å². The van der Waals surface area contributed by atoms with Gasteiger partial charge in [-0.05, 0) is 75.0 Å². The molecule has 7 heteroatoms. The van der Waals surface area contributed by atoms with E-state index in [1.807, 2.05) is 0 Å². The summed E-state index contributed by atoms with van der Waals surface area (Å²) in [6, 6.07) is -0.494. The molecule has 1 amide bonds. The van der Waals surface area contributed by atoms with Crippen molar-refractivity contribution in [1.29, 1.82) is 0 Å². The van der Waals surface area contributed by atoms with Crippen LogP contribution in [-0.4, -0.2) is 51.1 Å². The summed E-state index contributed by atoms with van der Waals surface area (Å²) >= 11 is 0. The Labute approximate surface area is 172 Å². The van der Waals surface area contributed by atoms with Crippen molar-refractivity contribution in [3.63, 3.8) is 0 Å². The highest BCUT2D eigenvalue weighted by atomic mass is 16.3. The standard InChI is InChI=1S/C22H33N5O2/c1-13(23)21(29)27-3-2-17-18(11-27)25-12-26-20(17)24-10-19(28)22-7-14-4-15(8-22)6-16(5-14)9-22/h12-16,19,28H,2-11,23H2,1H3,(H,24,25,26)/t13-,14?,15?,16?,19?,22?/m0/s1. The highest BCUT2D eigenvalue weighted by Gasteiger charge is 2.53. The maximum absolute atomic E-state index is 12.2. The van der Waals surface area contributed by atoms with E-state index in [0.29, 0.717) is 26.1 Å². The predicted octanol–water partition coefficient (Wildman–Crippen LogP) is 1.70. The van der Waals surface area contributed by atoms with Crippen molar-refractivity contribution in [2.45, 2.75) is 70.6 Å². The number of hydrogen-bond acceptors (Lipinski definition) is 6. The number of anilines is 1. The summed E-state index contributed by atoms with van der Waals surface area (Å²) < 4.78 is 0. The molecule has 5 aliphatic rings. The quantitative estimate of drug-likeness (QED) is 0.696. The molecule has 6 rings (SSSR count). The van der Waals surface area contributed by atoms with Gasteiger partial charge in [0.25, 0.3) is 0 Å². The topological polar surface area (TPSA) is 104 Å². The van der Waals surface area contributed by atoms with Gasteiger partial charge in [0, 0.05) is 18.7 Å². The molecule has 4 bridgehead atoms. The molecule has 0 saturated heterocycles. The molecule has 29 heavy (non-hydrogen) atoms. The summed E-state index contributed by atoms with van der Waals surface area (Å²) in [5.74, 6) is 3.26. The minimum absolute atomic E-state index is 0.0407. The Bertz CT molecular complexity index is 760. The molecular formula is C22H33N5O2. The molecule has 4 aliphatic carbocycles. The molecule has 0 aromatic carbocycles. The minimum atomic E-state index is -0.494. The maximum Gasteiger partial charge on any atom is 0.239 e. The van der Waals surface area contributed by atoms with Crippen molar-refractivity contribution < 1.29 is 9.90 Å². The summed E-state index contributed by atoms with van der Waals surface area (Å²) in [4.78, 5) is 22.9. The number of carbonyl (C=O) groups is 1. The van der Waals surface area contributed by atoms with E-state index in [1.54, 1.807) is 18.2 Å². The molecule has 4 fully saturated rings. The Morgan fingerprint density at radius 1 is 1.28 bits per heavy atom. The molecule has 2 heterocycles. The third kappa shape index (κ3) is 3.42. The van der Waals surface area contributed by atoms with Crippen LogP contribution in [0.15, 0.2) is 6.33 Å². The Balaban J connectivity index is 1.27. The molecule has 0 radical (unpaired) electrons. The number of nitrogens with two attached hydrogens (primary N) is 1. The zero-order valence-electron chi connectivity index (χ0n) is 17.3. The van der Waals surface area contributed by atoms with Crippen LogP contribution in [0.2, 0.25) is 0 Å². The van der Waals surface area contributed by atoms with E-state index in [-0.39, 0.29) is 17.4 Å². The second kappa shape index (κ2) is 7.20. The first-order valence-electron chi connectivity index (χ1n) is 11.2. The highest BCUT2D eigenvalue weighted by Crippen LogP contribution is 2.61. The largest absolute Gasteiger partial charge is 0.391 e. The number of aliphatic hydroxyl groups excluding tert-OH is 1. The van der Waals surface area contributed by atoms with Crippen LogP contribution in [0.25, 0.3) is 0 Å². The molecule has 1 aliphatic heterocycles. The molecule has 158 valence electrons. The molecule has 1 aromatic heterocycles. The van der Waals surface area contributed by atoms with Gasteiger partial charge in [0.2, 0.25) is 5.91 Å². The maximum atomic E-state index is 12.2. The third-order valence-corrected chi connectivity index (χ3v) is 7.96. The number of carbonyl (C=O) groups excluding carboxylic acids is 1. The molecule has 0 spiro atoms. The summed E-state index contributed by atoms with van der Waals surface area (Å²) in [5.41, 5.74) is 7.81. The number of rotatable bonds is 5. The van der Waals surface area contributed by atoms with Crippen molar-refractivity contribution >= 4 is 11.7 Å². The zero-order valence-corrected chi connectivity index (χ0v) is 17.3. The van der Waals surface area contributed by atoms with Crippen LogP contribution in [0.1, 0.15) is 56.7 Å². The predicted molar refractivity (Wildman–Crippen MR) is 110 cm³/mol. The van der Waals surface area contributed by atoms with Gasteiger partial charge >= 0.3 is 0 Å². The lowest BCUT2D eigenvalue weighted by Crippen LogP contribution is -2.53. The van der Waals surface area contributed by atoms with Crippen molar-refractivity contribution in [2.75, 3.05) is 18.4 Å². The molecule has 1 aromatic rings. The lowest BCUT2D eigenvalue weighted by atomic mass is 9.48. The second-order valence-corrected chi connectivity index (χ2v) is 10.1. The first kappa shape index (κ1) is 19.2. The highest BCUT2D eigenvalue weighted by molar-refractivity contribution is 5.81. The smallest absolute Gasteiger partial charge is 0.239 e. The fourth-order valence-corrected chi connectivity index (χ4v) is 6.98. The number of aromatic nitrogens is 2. The van der Waals surface area contributed by atoms with Crippen molar-refractivity contribution in [2.24, 2.45) is 28.9 Å². The molecule has 4 N–H and O–H groups in total. The van der Waals surface area contributed by atoms with Crippen molar-refractivity contribution in [3.05, 3.63) is 17.6 Å². The van der Waals surface area contributed by atoms with Crippen LogP contribution in [0.4, 0.5) is 5.82 Å². The molecule has 7 nitrogen and oxygen atoms in total. The van der Waals surface area contributed by atoms with E-state index in [0.717, 1.165) is 34.8 Å². The first-order chi connectivity index (χ1) is 13.9. The van der Waals surface area contributed by atoms with Gasteiger partial charge < -0.3 is 21.1 Å². The summed E-state index contributed by atoms with van der Waals surface area (Å²) in [6.45, 7) is 3.37. The van der Waals surface area contributed by atoms with Crippen LogP contribution < -0.4 is 11.1 Å². The van der Waals surface area contributed by atoms with Gasteiger partial charge in [-0.1, -0.05) is 0 Å². The van der Waals surface area contributed by atoms with E-state index in [9.17, 15) is 9.90 Å². The van der Waals surface area contributed by atoms with Crippen molar-refractivity contribution in [1.82, 2.24) is 14.9 Å². The van der Waals surface area contributed by atoms with E-state index >= 15 is 0 Å². The Morgan fingerprint density at radius 2 is 1.93 bits per heavy atom. The van der Waals surface area contributed by atoms with Gasteiger partial charge in [0.05, 0.1) is 24.4 Å². The summed E-state index contributed by atoms with van der Waals surface area (Å²) in [5, 5.41) is 14.6. The van der Waals surface area contributed by atoms with Gasteiger partial charge in [-0.2, -0.15) is 0 Å². The second-order valence-electron chi connectivity index (χ2n) is 10.1. The lowest BCUT2D eigenvalue weighted by Gasteiger charge is -2.58. The van der Waals surface area contributed by atoms with Crippen LogP contribution in [-0.2, 0) is 17.8 Å². The summed E-state index contributed by atoms with van der Waals surface area (Å²) in [6.07, 6.45) is 9.66. The van der Waals surface area contributed by atoms with Crippen LogP contribution in [0.5, 0.6) is 0 Å². The van der Waals surface area contributed by atoms with Gasteiger partial charge in [0.1, 0.15) is 12.1 Å². The average molecular weight is 400 g/mol. The number of nitrogens with zero attached hydrogens (tertiary/aromatic N) is 3. The normalized spacial score (nSPS) is 34.6. The van der Waals surface area contributed by atoms with E-state index in [2.05, 4.69) is 15.3 Å². The number of aliphatic hydroxyl groups is 1. The number of amides is 1. The van der Waals surface area contributed by atoms with Crippen LogP contribution >= 0.6 is 0 Å². The average Bonchev–Trinajstić information content (AvgIpc) is 2.69. The van der Waals surface area contributed by atoms with E-state index < -0.39 is 6.04 Å². The molecule has 4 saturated carbocycles. The SMILES string of the molecule is C[C@H](N)C(=O)N1CCc2c(ncnc2NCC(O)C23CC4CC(CC(C4)C2)C3)C1. The third-order valence-electron chi connectivity index (χ3n) is 7.96.